The molecule has 3 N–H and O–H groups in total. The molecule has 0 saturated carbocycles. The Balaban J connectivity index is 0.000000210. The van der Waals surface area contributed by atoms with E-state index in [1.54, 1.807) is 42.6 Å². The number of unbranched alkanes of at least 4 members (excludes halogenated alkanes) is 6. The van der Waals surface area contributed by atoms with Crippen molar-refractivity contribution in [1.82, 2.24) is 0 Å². The monoisotopic (exact) mass is 2030 g/mol. The average molecular weight is 2030 g/mol. The van der Waals surface area contributed by atoms with Gasteiger partial charge in [-0.3, -0.25) is 0 Å². The fourth-order valence-corrected chi connectivity index (χ4v) is 18.9. The van der Waals surface area contributed by atoms with Gasteiger partial charge in [-0.2, -0.15) is 34.2 Å². The van der Waals surface area contributed by atoms with Crippen LogP contribution in [0.15, 0.2) is 298 Å². The molecule has 6 heterocycles. The number of alkyl halides is 3. The van der Waals surface area contributed by atoms with E-state index in [1.165, 1.54) is 35.6 Å². The number of nitrogens with zero attached hydrogens (tertiary/aromatic N) is 10. The van der Waals surface area contributed by atoms with Gasteiger partial charge in [-0.15, -0.1) is 34.0 Å². The third-order valence-corrected chi connectivity index (χ3v) is 27.9. The fourth-order valence-electron chi connectivity index (χ4n) is 16.5. The Kier molecular flexibility index (Phi) is 43.0. The summed E-state index contributed by atoms with van der Waals surface area (Å²) in [5.74, 6) is 2.39. The van der Waals surface area contributed by atoms with E-state index in [0.29, 0.717) is 64.5 Å². The first-order valence-corrected chi connectivity index (χ1v) is 51.9. The zero-order chi connectivity index (χ0) is 105. The Morgan fingerprint density at radius 2 is 0.680 bits per heavy atom. The maximum Gasteiger partial charge on any atom is 0.430 e. The molecule has 2 atom stereocenters. The van der Waals surface area contributed by atoms with Crippen molar-refractivity contribution in [2.24, 2.45) is 0 Å². The minimum Gasteiger partial charge on any atom is -0.494 e. The highest BCUT2D eigenvalue weighted by Gasteiger charge is 2.60. The number of nitriles is 4. The van der Waals surface area contributed by atoms with Crippen LogP contribution < -0.4 is 28.9 Å². The number of thiophene rings is 3. The Morgan fingerprint density at radius 3 is 1.00 bits per heavy atom. The van der Waals surface area contributed by atoms with Gasteiger partial charge < -0.3 is 58.4 Å². The summed E-state index contributed by atoms with van der Waals surface area (Å²) in [6.45, 7) is 47.0. The zero-order valence-electron chi connectivity index (χ0n) is 84.7. The molecule has 10 aromatic rings. The largest absolute Gasteiger partial charge is 0.494 e. The van der Waals surface area contributed by atoms with Crippen molar-refractivity contribution >= 4 is 106 Å². The van der Waals surface area contributed by atoms with Crippen LogP contribution in [-0.4, -0.2) is 91.8 Å². The summed E-state index contributed by atoms with van der Waals surface area (Å²) in [4.78, 5) is 23.5. The van der Waals surface area contributed by atoms with Gasteiger partial charge in [-0.05, 0) is 249 Å². The van der Waals surface area contributed by atoms with Gasteiger partial charge in [0.05, 0.1) is 43.0 Å². The van der Waals surface area contributed by atoms with Gasteiger partial charge in [0.15, 0.2) is 11.3 Å². The highest BCUT2D eigenvalue weighted by Crippen LogP contribution is 2.52. The second-order valence-corrected chi connectivity index (χ2v) is 39.4. The number of hydrogen-bond acceptors (Lipinski definition) is 19. The number of aliphatic hydroxyl groups excluding tert-OH is 3. The lowest BCUT2D eigenvalue weighted by atomic mass is 9.87. The lowest BCUT2D eigenvalue weighted by Gasteiger charge is -2.29. The predicted octanol–water partition coefficient (Wildman–Crippen LogP) is 30.2. The summed E-state index contributed by atoms with van der Waals surface area (Å²) in [6.07, 6.45) is 29.4. The standard InChI is InChI=1S/C44H45N3O3S.C39H37F3N4O3S.C39H43N3O3S/c1-5-6-27-47(28-13-14-29-48)37-21-19-35(41(30-37)49-32-34-15-9-7-10-16-34)20-22-38-23-24-39(51-38)25-26-40-42(46-4)43(33(2)31-45)50-44(40,3)36-17-11-8-12-18-36;1-4-5-21-46(22-9-10-23-47)31-15-13-29(35(24-31)48-27-28-11-7-6-8-12-28)14-16-32-17-18-33(50-32)19-20-34-36(45-3)37(30(25-43)26-44)49-38(34,2)39(40,41)42;1-6-7-23-42(24-11-12-25-43)32-17-15-31(36(26-32)44-28-30-13-9-8-10-14-30)16-18-33-19-20-34(46-33)21-22-35-37(41-5)38(29(2)27-40)45-39(35,3)4/h7-12,15-26,30,48H,5-6,13-14,27-29,32H2,1-3H3;6-8,11-20,24,47H,4-5,9-10,21-23,27H2,1-2H3;8-10,13-22,26,43H,6-7,11-12,23-25,28H2,1-4H3/b22-20+,26-25+,43-33+;16-14+,20-19+;18-16+,22-21+,38-29+. The summed E-state index contributed by atoms with van der Waals surface area (Å²) in [5, 5.41) is 65.5. The summed E-state index contributed by atoms with van der Waals surface area (Å²) in [5.41, 5.74) is 7.10. The average Bonchev–Trinajstić information content (AvgIpc) is 1.59. The van der Waals surface area contributed by atoms with Crippen LogP contribution in [0.1, 0.15) is 208 Å². The molecule has 7 aromatic carbocycles. The highest BCUT2D eigenvalue weighted by atomic mass is 32.1. The molecular formula is C122H125F3N10O9S3. The number of rotatable bonds is 46. The number of ether oxygens (including phenoxy) is 6. The Bertz CT molecular complexity index is 6830. The third-order valence-electron chi connectivity index (χ3n) is 24.8. The van der Waals surface area contributed by atoms with E-state index < -0.39 is 45.6 Å². The molecule has 0 spiro atoms. The molecule has 19 nitrogen and oxygen atoms in total. The van der Waals surface area contributed by atoms with Crippen LogP contribution in [0.3, 0.4) is 0 Å². The molecule has 3 aliphatic heterocycles. The molecule has 0 bridgehead atoms. The minimum atomic E-state index is -4.92. The second-order valence-electron chi connectivity index (χ2n) is 36.0. The molecule has 0 radical (unpaired) electrons. The number of allylic oxidation sites excluding steroid dienone is 3. The van der Waals surface area contributed by atoms with E-state index >= 15 is 0 Å². The summed E-state index contributed by atoms with van der Waals surface area (Å²) < 4.78 is 79.4. The number of halogens is 3. The molecule has 0 saturated heterocycles. The summed E-state index contributed by atoms with van der Waals surface area (Å²) >= 11 is 4.63. The van der Waals surface area contributed by atoms with Crippen molar-refractivity contribution in [1.29, 1.82) is 21.0 Å². The Hall–Kier alpha value is -15.2. The lowest BCUT2D eigenvalue weighted by Crippen LogP contribution is -2.43. The van der Waals surface area contributed by atoms with Crippen LogP contribution in [0.2, 0.25) is 0 Å². The Labute approximate surface area is 876 Å². The van der Waals surface area contributed by atoms with Crippen LogP contribution in [0.5, 0.6) is 17.2 Å². The quantitative estimate of drug-likeness (QED) is 0.0183. The third kappa shape index (κ3) is 31.0. The zero-order valence-corrected chi connectivity index (χ0v) is 87.2. The molecule has 756 valence electrons. The second kappa shape index (κ2) is 56.3. The number of benzene rings is 7. The van der Waals surface area contributed by atoms with Crippen molar-refractivity contribution in [3.63, 3.8) is 0 Å². The molecule has 3 aliphatic rings. The van der Waals surface area contributed by atoms with E-state index in [2.05, 4.69) is 177 Å². The van der Waals surface area contributed by atoms with E-state index in [1.807, 2.05) is 172 Å². The van der Waals surface area contributed by atoms with Gasteiger partial charge in [-0.25, -0.2) is 14.5 Å². The molecule has 3 aromatic heterocycles. The summed E-state index contributed by atoms with van der Waals surface area (Å²) in [6, 6.07) is 78.2. The van der Waals surface area contributed by atoms with Gasteiger partial charge in [-0.1, -0.05) is 180 Å². The van der Waals surface area contributed by atoms with Gasteiger partial charge in [0.25, 0.3) is 0 Å². The van der Waals surface area contributed by atoms with E-state index in [4.69, 9.17) is 48.1 Å². The van der Waals surface area contributed by atoms with E-state index in [-0.39, 0.29) is 19.8 Å². The van der Waals surface area contributed by atoms with Crippen molar-refractivity contribution in [3.05, 3.63) is 401 Å². The number of anilines is 3. The smallest absolute Gasteiger partial charge is 0.430 e. The first-order chi connectivity index (χ1) is 71.3. The van der Waals surface area contributed by atoms with Crippen molar-refractivity contribution in [2.45, 2.75) is 182 Å². The molecule has 147 heavy (non-hydrogen) atoms. The molecule has 25 heteroatoms. The van der Waals surface area contributed by atoms with Gasteiger partial charge in [0, 0.05) is 157 Å². The topological polar surface area (TPSA) is 234 Å². The SMILES string of the molecule is [C-]#[N+]C1=C(/C=C/c2ccc(/C=C/c3ccc(N(CCCC)CCCCO)cc3OCc3ccccc3)s2)C(C)(C(F)(F)F)OC1=C(C#N)C#N.[C-]#[N+]C1=C(/C=C/c2ccc(/C=C/c3ccc(N(CCCC)CCCCO)cc3OCc3ccccc3)s2)C(C)(C)O/C1=C(\C)C#N.[C-]#[N+]C1=C(/C=C/c2ccc(/C=C/c3ccc(N(CCCC)CCCCO)cc3OCc3ccccc3)s2)C(C)(c2ccccc2)O/C1=C(\C)C#N. The number of aliphatic hydroxyl groups is 3. The van der Waals surface area contributed by atoms with Crippen molar-refractivity contribution in [3.8, 4) is 41.5 Å². The lowest BCUT2D eigenvalue weighted by molar-refractivity contribution is -0.236. The molecule has 0 amide bonds. The molecular weight excluding hydrogens is 1900 g/mol. The van der Waals surface area contributed by atoms with Gasteiger partial charge in [0.2, 0.25) is 22.7 Å². The first-order valence-electron chi connectivity index (χ1n) is 49.5. The normalized spacial score (nSPS) is 16.0. The van der Waals surface area contributed by atoms with Gasteiger partial charge >= 0.3 is 6.18 Å². The van der Waals surface area contributed by atoms with E-state index in [9.17, 15) is 49.5 Å². The maximum atomic E-state index is 14.2. The predicted molar refractivity (Wildman–Crippen MR) is 590 cm³/mol. The van der Waals surface area contributed by atoms with Gasteiger partial charge in [0.1, 0.15) is 71.9 Å². The van der Waals surface area contributed by atoms with Crippen molar-refractivity contribution in [2.75, 3.05) is 73.8 Å². The maximum absolute atomic E-state index is 14.2. The van der Waals surface area contributed by atoms with Crippen LogP contribution in [0.25, 0.3) is 69.2 Å². The van der Waals surface area contributed by atoms with Crippen LogP contribution in [0.4, 0.5) is 30.2 Å². The van der Waals surface area contributed by atoms with E-state index in [0.717, 1.165) is 226 Å². The number of hydrogen-bond donors (Lipinski definition) is 3. The fraction of sp³-hybridized carbons (Fsp3) is 0.303. The Morgan fingerprint density at radius 1 is 0.374 bits per heavy atom. The van der Waals surface area contributed by atoms with Crippen LogP contribution >= 0.6 is 34.0 Å². The highest BCUT2D eigenvalue weighted by molar-refractivity contribution is 7.14. The molecule has 13 rings (SSSR count). The molecule has 0 fully saturated rings. The minimum absolute atomic E-state index is 0.155. The van der Waals surface area contributed by atoms with Crippen LogP contribution in [-0.2, 0) is 39.6 Å². The molecule has 2 unspecified atom stereocenters. The first kappa shape index (κ1) is 112. The molecule has 0 aliphatic carbocycles. The van der Waals surface area contributed by atoms with Crippen LogP contribution in [0, 0.1) is 65.0 Å². The summed E-state index contributed by atoms with van der Waals surface area (Å²) in [7, 11) is 0. The van der Waals surface area contributed by atoms with Crippen molar-refractivity contribution < 1.29 is 56.9 Å².